The van der Waals surface area contributed by atoms with Gasteiger partial charge in [0.1, 0.15) is 0 Å². The molecule has 1 N–H and O–H groups in total. The van der Waals surface area contributed by atoms with Gasteiger partial charge in [-0.05, 0) is 42.0 Å². The molecule has 5 rings (SSSR count). The number of thioether (sulfide) groups is 1. The van der Waals surface area contributed by atoms with E-state index >= 15 is 0 Å². The van der Waals surface area contributed by atoms with Crippen LogP contribution in [0.5, 0.6) is 0 Å². The molecule has 0 atom stereocenters. The summed E-state index contributed by atoms with van der Waals surface area (Å²) in [6, 6.07) is 29.6. The van der Waals surface area contributed by atoms with Crippen molar-refractivity contribution in [3.63, 3.8) is 0 Å². The van der Waals surface area contributed by atoms with Gasteiger partial charge in [-0.25, -0.2) is 5.43 Å². The zero-order chi connectivity index (χ0) is 24.9. The van der Waals surface area contributed by atoms with Gasteiger partial charge in [-0.15, -0.1) is 10.2 Å². The normalized spacial score (nSPS) is 11.3. The van der Waals surface area contributed by atoms with Gasteiger partial charge in [-0.1, -0.05) is 95.7 Å². The van der Waals surface area contributed by atoms with Crippen molar-refractivity contribution in [1.29, 1.82) is 0 Å². The number of carbonyl (C=O) groups excluding carboxylic acids is 1. The highest BCUT2D eigenvalue weighted by molar-refractivity contribution is 7.99. The number of rotatable bonds is 7. The molecule has 36 heavy (non-hydrogen) atoms. The number of aromatic nitrogens is 3. The molecule has 0 bridgehead atoms. The predicted molar refractivity (Wildman–Crippen MR) is 147 cm³/mol. The molecule has 0 spiro atoms. The molecule has 5 aromatic rings. The number of carbonyl (C=O) groups is 1. The molecule has 0 saturated carbocycles. The number of hydrogen-bond acceptors (Lipinski definition) is 5. The van der Waals surface area contributed by atoms with Gasteiger partial charge in [-0.2, -0.15) is 5.10 Å². The lowest BCUT2D eigenvalue weighted by Crippen LogP contribution is -2.20. The van der Waals surface area contributed by atoms with E-state index in [4.69, 9.17) is 11.6 Å². The first-order valence-corrected chi connectivity index (χ1v) is 12.7. The van der Waals surface area contributed by atoms with E-state index in [0.29, 0.717) is 16.0 Å². The summed E-state index contributed by atoms with van der Waals surface area (Å²) in [5, 5.41) is 16.4. The Morgan fingerprint density at radius 2 is 1.72 bits per heavy atom. The SMILES string of the molecule is Cc1ccc(-c2nnc(SCC(=O)NN=Cc3cccc4ccccc34)n2-c2ccc(Cl)cc2)cc1. The highest BCUT2D eigenvalue weighted by Gasteiger charge is 2.17. The minimum absolute atomic E-state index is 0.131. The Balaban J connectivity index is 1.33. The Morgan fingerprint density at radius 3 is 2.53 bits per heavy atom. The van der Waals surface area contributed by atoms with Crippen LogP contribution < -0.4 is 5.43 Å². The van der Waals surface area contributed by atoms with Crippen molar-refractivity contribution < 1.29 is 4.79 Å². The number of halogens is 1. The van der Waals surface area contributed by atoms with E-state index in [9.17, 15) is 4.79 Å². The van der Waals surface area contributed by atoms with Gasteiger partial charge in [-0.3, -0.25) is 9.36 Å². The summed E-state index contributed by atoms with van der Waals surface area (Å²) in [5.41, 5.74) is 6.50. The van der Waals surface area contributed by atoms with Gasteiger partial charge in [0, 0.05) is 21.8 Å². The minimum atomic E-state index is -0.237. The maximum Gasteiger partial charge on any atom is 0.250 e. The molecule has 6 nitrogen and oxygen atoms in total. The summed E-state index contributed by atoms with van der Waals surface area (Å²) in [4.78, 5) is 12.6. The molecule has 0 fully saturated rings. The summed E-state index contributed by atoms with van der Waals surface area (Å²) < 4.78 is 1.93. The largest absolute Gasteiger partial charge is 0.272 e. The molecule has 4 aromatic carbocycles. The number of aryl methyl sites for hydroxylation is 1. The second-order valence-electron chi connectivity index (χ2n) is 8.13. The van der Waals surface area contributed by atoms with Crippen LogP contribution in [0.25, 0.3) is 27.8 Å². The van der Waals surface area contributed by atoms with Gasteiger partial charge < -0.3 is 0 Å². The van der Waals surface area contributed by atoms with Gasteiger partial charge in [0.2, 0.25) is 0 Å². The van der Waals surface area contributed by atoms with Crippen LogP contribution in [0.15, 0.2) is 101 Å². The van der Waals surface area contributed by atoms with E-state index in [1.807, 2.05) is 102 Å². The van der Waals surface area contributed by atoms with E-state index < -0.39 is 0 Å². The summed E-state index contributed by atoms with van der Waals surface area (Å²) >= 11 is 7.39. The molecule has 0 saturated heterocycles. The fourth-order valence-corrected chi connectivity index (χ4v) is 4.65. The Labute approximate surface area is 218 Å². The third-order valence-electron chi connectivity index (χ3n) is 5.58. The summed E-state index contributed by atoms with van der Waals surface area (Å²) in [7, 11) is 0. The van der Waals surface area contributed by atoms with E-state index in [1.54, 1.807) is 6.21 Å². The van der Waals surface area contributed by atoms with Crippen LogP contribution in [-0.2, 0) is 4.79 Å². The number of benzene rings is 4. The molecule has 8 heteroatoms. The second-order valence-corrected chi connectivity index (χ2v) is 9.51. The Morgan fingerprint density at radius 1 is 0.972 bits per heavy atom. The standard InChI is InChI=1S/C28H22ClN5OS/c1-19-9-11-21(12-10-19)27-32-33-28(34(27)24-15-13-23(29)14-16-24)36-18-26(35)31-30-17-22-7-4-6-20-5-2-3-8-25(20)22/h2-17H,18H2,1H3,(H,31,35). The van der Waals surface area contributed by atoms with Gasteiger partial charge in [0.25, 0.3) is 5.91 Å². The van der Waals surface area contributed by atoms with Crippen LogP contribution >= 0.6 is 23.4 Å². The van der Waals surface area contributed by atoms with Crippen molar-refractivity contribution in [3.8, 4) is 17.1 Å². The monoisotopic (exact) mass is 511 g/mol. The minimum Gasteiger partial charge on any atom is -0.272 e. The van der Waals surface area contributed by atoms with Crippen molar-refractivity contribution >= 4 is 46.3 Å². The summed E-state index contributed by atoms with van der Waals surface area (Å²) in [6.45, 7) is 2.04. The Kier molecular flexibility index (Phi) is 7.11. The van der Waals surface area contributed by atoms with Crippen molar-refractivity contribution in [2.75, 3.05) is 5.75 Å². The lowest BCUT2D eigenvalue weighted by atomic mass is 10.1. The Bertz CT molecular complexity index is 1540. The zero-order valence-electron chi connectivity index (χ0n) is 19.4. The van der Waals surface area contributed by atoms with E-state index in [-0.39, 0.29) is 11.7 Å². The molecule has 0 aliphatic carbocycles. The van der Waals surface area contributed by atoms with E-state index in [2.05, 4.69) is 20.7 Å². The van der Waals surface area contributed by atoms with E-state index in [0.717, 1.165) is 33.2 Å². The zero-order valence-corrected chi connectivity index (χ0v) is 21.0. The van der Waals surface area contributed by atoms with Crippen LogP contribution in [0.2, 0.25) is 5.02 Å². The number of nitrogens with one attached hydrogen (secondary N) is 1. The molecular weight excluding hydrogens is 490 g/mol. The average Bonchev–Trinajstić information content (AvgIpc) is 3.32. The van der Waals surface area contributed by atoms with Gasteiger partial charge >= 0.3 is 0 Å². The second kappa shape index (κ2) is 10.8. The maximum atomic E-state index is 12.6. The maximum absolute atomic E-state index is 12.6. The third-order valence-corrected chi connectivity index (χ3v) is 6.76. The van der Waals surface area contributed by atoms with E-state index in [1.165, 1.54) is 11.8 Å². The van der Waals surface area contributed by atoms with Crippen LogP contribution in [0.4, 0.5) is 0 Å². The highest BCUT2D eigenvalue weighted by atomic mass is 35.5. The number of nitrogens with zero attached hydrogens (tertiary/aromatic N) is 4. The van der Waals surface area contributed by atoms with Crippen LogP contribution in [-0.4, -0.2) is 32.6 Å². The quantitative estimate of drug-likeness (QED) is 0.158. The van der Waals surface area contributed by atoms with Crippen LogP contribution in [0.3, 0.4) is 0 Å². The smallest absolute Gasteiger partial charge is 0.250 e. The lowest BCUT2D eigenvalue weighted by Gasteiger charge is -2.10. The molecule has 0 unspecified atom stereocenters. The molecule has 178 valence electrons. The summed E-state index contributed by atoms with van der Waals surface area (Å²) in [6.07, 6.45) is 1.66. The summed E-state index contributed by atoms with van der Waals surface area (Å²) in [5.74, 6) is 0.584. The molecule has 1 heterocycles. The number of amides is 1. The lowest BCUT2D eigenvalue weighted by molar-refractivity contribution is -0.118. The first kappa shape index (κ1) is 23.8. The van der Waals surface area contributed by atoms with Crippen molar-refractivity contribution in [2.24, 2.45) is 5.10 Å². The average molecular weight is 512 g/mol. The van der Waals surface area contributed by atoms with Crippen LogP contribution in [0.1, 0.15) is 11.1 Å². The Hall–Kier alpha value is -3.94. The highest BCUT2D eigenvalue weighted by Crippen LogP contribution is 2.28. The molecular formula is C28H22ClN5OS. The molecule has 0 radical (unpaired) electrons. The molecule has 0 aliphatic rings. The fourth-order valence-electron chi connectivity index (χ4n) is 3.78. The number of fused-ring (bicyclic) bond motifs is 1. The number of hydrogen-bond donors (Lipinski definition) is 1. The van der Waals surface area contributed by atoms with Crippen molar-refractivity contribution in [1.82, 2.24) is 20.2 Å². The van der Waals surface area contributed by atoms with Gasteiger partial charge in [0.05, 0.1) is 12.0 Å². The van der Waals surface area contributed by atoms with Crippen molar-refractivity contribution in [3.05, 3.63) is 107 Å². The van der Waals surface area contributed by atoms with Crippen molar-refractivity contribution in [2.45, 2.75) is 12.1 Å². The topological polar surface area (TPSA) is 72.2 Å². The first-order valence-electron chi connectivity index (χ1n) is 11.3. The molecule has 0 aliphatic heterocycles. The van der Waals surface area contributed by atoms with Gasteiger partial charge in [0.15, 0.2) is 11.0 Å². The fraction of sp³-hybridized carbons (Fsp3) is 0.0714. The van der Waals surface area contributed by atoms with Crippen LogP contribution in [0, 0.1) is 6.92 Å². The predicted octanol–water partition coefficient (Wildman–Crippen LogP) is 6.29. The number of hydrazone groups is 1. The third kappa shape index (κ3) is 5.32. The molecule has 1 aromatic heterocycles. The molecule has 1 amide bonds. The first-order chi connectivity index (χ1) is 17.6.